The van der Waals surface area contributed by atoms with E-state index in [0.29, 0.717) is 13.2 Å². The normalized spacial score (nSPS) is 12.0. The number of carboxylic acid groups (broad SMARTS) is 1. The lowest BCUT2D eigenvalue weighted by Crippen LogP contribution is -2.55. The first kappa shape index (κ1) is 17.3. The summed E-state index contributed by atoms with van der Waals surface area (Å²) in [6, 6.07) is 7.34. The van der Waals surface area contributed by atoms with Gasteiger partial charge in [0.25, 0.3) is 0 Å². The Morgan fingerprint density at radius 3 is 2.14 bits per heavy atom. The molecular formula is C16H25NO4. The van der Waals surface area contributed by atoms with Crippen LogP contribution < -0.4 is 14.8 Å². The minimum atomic E-state index is -0.868. The smallest absolute Gasteiger partial charge is 0.310 e. The van der Waals surface area contributed by atoms with Gasteiger partial charge in [0.2, 0.25) is 0 Å². The number of methoxy groups -OCH3 is 1. The summed E-state index contributed by atoms with van der Waals surface area (Å²) in [6.07, 6.45) is 0. The number of nitrogens with one attached hydrogen (secondary N) is 1. The lowest BCUT2D eigenvalue weighted by molar-refractivity contribution is -0.151. The molecule has 1 rings (SSSR count). The summed E-state index contributed by atoms with van der Waals surface area (Å²) in [6.45, 7) is 8.23. The minimum Gasteiger partial charge on any atom is -0.497 e. The number of aliphatic carboxylic acids is 1. The highest BCUT2D eigenvalue weighted by Crippen LogP contribution is 2.30. The van der Waals surface area contributed by atoms with Crippen molar-refractivity contribution in [2.45, 2.75) is 33.2 Å². The van der Waals surface area contributed by atoms with E-state index < -0.39 is 16.9 Å². The molecule has 0 saturated carbocycles. The molecule has 0 bridgehead atoms. The SMILES string of the molecule is COc1ccc(OCCNC(C)(C)C(C)(C)C(=O)O)cc1. The maximum atomic E-state index is 11.3. The van der Waals surface area contributed by atoms with Crippen molar-refractivity contribution in [3.8, 4) is 11.5 Å². The molecule has 0 atom stereocenters. The molecule has 118 valence electrons. The van der Waals surface area contributed by atoms with E-state index in [0.717, 1.165) is 11.5 Å². The first-order valence-corrected chi connectivity index (χ1v) is 6.96. The quantitative estimate of drug-likeness (QED) is 0.721. The third-order valence-corrected chi connectivity index (χ3v) is 4.09. The van der Waals surface area contributed by atoms with Crippen molar-refractivity contribution >= 4 is 5.97 Å². The molecule has 0 spiro atoms. The first-order valence-electron chi connectivity index (χ1n) is 6.96. The van der Waals surface area contributed by atoms with Crippen molar-refractivity contribution in [3.05, 3.63) is 24.3 Å². The van der Waals surface area contributed by atoms with Gasteiger partial charge in [-0.05, 0) is 52.0 Å². The molecular weight excluding hydrogens is 270 g/mol. The highest BCUT2D eigenvalue weighted by molar-refractivity contribution is 5.75. The van der Waals surface area contributed by atoms with Gasteiger partial charge in [-0.3, -0.25) is 4.79 Å². The fourth-order valence-electron chi connectivity index (χ4n) is 1.69. The van der Waals surface area contributed by atoms with Gasteiger partial charge in [0.15, 0.2) is 0 Å². The molecule has 5 nitrogen and oxygen atoms in total. The Balaban J connectivity index is 2.44. The Bertz CT molecular complexity index is 466. The Morgan fingerprint density at radius 2 is 1.67 bits per heavy atom. The highest BCUT2D eigenvalue weighted by atomic mass is 16.5. The standard InChI is InChI=1S/C16H25NO4/c1-15(2,14(18)19)16(3,4)17-10-11-21-13-8-6-12(20-5)7-9-13/h6-9,17H,10-11H2,1-5H3,(H,18,19). The van der Waals surface area contributed by atoms with Crippen molar-refractivity contribution < 1.29 is 19.4 Å². The summed E-state index contributed by atoms with van der Waals surface area (Å²) in [7, 11) is 1.62. The van der Waals surface area contributed by atoms with Crippen molar-refractivity contribution in [2.24, 2.45) is 5.41 Å². The van der Waals surface area contributed by atoms with Crippen molar-refractivity contribution in [2.75, 3.05) is 20.3 Å². The van der Waals surface area contributed by atoms with Gasteiger partial charge < -0.3 is 19.9 Å². The van der Waals surface area contributed by atoms with E-state index in [1.165, 1.54) is 0 Å². The summed E-state index contributed by atoms with van der Waals surface area (Å²) >= 11 is 0. The molecule has 1 aromatic carbocycles. The van der Waals surface area contributed by atoms with Gasteiger partial charge in [0.05, 0.1) is 12.5 Å². The van der Waals surface area contributed by atoms with Crippen LogP contribution in [0.25, 0.3) is 0 Å². The summed E-state index contributed by atoms with van der Waals surface area (Å²) in [4.78, 5) is 11.3. The average Bonchev–Trinajstić information content (AvgIpc) is 2.44. The number of ether oxygens (including phenoxy) is 2. The zero-order valence-corrected chi connectivity index (χ0v) is 13.4. The van der Waals surface area contributed by atoms with Crippen molar-refractivity contribution in [3.63, 3.8) is 0 Å². The van der Waals surface area contributed by atoms with Crippen LogP contribution in [0.1, 0.15) is 27.7 Å². The zero-order chi connectivity index (χ0) is 16.1. The third-order valence-electron chi connectivity index (χ3n) is 4.09. The topological polar surface area (TPSA) is 67.8 Å². The van der Waals surface area contributed by atoms with E-state index in [4.69, 9.17) is 9.47 Å². The first-order chi connectivity index (χ1) is 9.70. The molecule has 0 aromatic heterocycles. The van der Waals surface area contributed by atoms with E-state index >= 15 is 0 Å². The van der Waals surface area contributed by atoms with E-state index in [-0.39, 0.29) is 0 Å². The second-order valence-electron chi connectivity index (χ2n) is 6.01. The number of benzene rings is 1. The van der Waals surface area contributed by atoms with Gasteiger partial charge in [-0.1, -0.05) is 0 Å². The molecule has 0 unspecified atom stereocenters. The highest BCUT2D eigenvalue weighted by Gasteiger charge is 2.42. The molecule has 5 heteroatoms. The van der Waals surface area contributed by atoms with Crippen LogP contribution in [0, 0.1) is 5.41 Å². The second kappa shape index (κ2) is 6.80. The predicted octanol–water partition coefficient (Wildman–Crippen LogP) is 2.55. The summed E-state index contributed by atoms with van der Waals surface area (Å²) in [5, 5.41) is 12.5. The maximum Gasteiger partial charge on any atom is 0.310 e. The van der Waals surface area contributed by atoms with E-state index in [9.17, 15) is 9.90 Å². The van der Waals surface area contributed by atoms with Crippen LogP contribution in [0.2, 0.25) is 0 Å². The zero-order valence-electron chi connectivity index (χ0n) is 13.4. The number of rotatable bonds is 8. The van der Waals surface area contributed by atoms with Gasteiger partial charge >= 0.3 is 5.97 Å². The lowest BCUT2D eigenvalue weighted by Gasteiger charge is -2.39. The fraction of sp³-hybridized carbons (Fsp3) is 0.562. The Kier molecular flexibility index (Phi) is 5.61. The molecule has 0 saturated heterocycles. The van der Waals surface area contributed by atoms with Crippen molar-refractivity contribution in [1.29, 1.82) is 0 Å². The molecule has 0 aliphatic carbocycles. The molecule has 0 aliphatic rings. The number of carbonyl (C=O) groups is 1. The fourth-order valence-corrected chi connectivity index (χ4v) is 1.69. The average molecular weight is 295 g/mol. The minimum absolute atomic E-state index is 0.464. The van der Waals surface area contributed by atoms with Gasteiger partial charge in [-0.25, -0.2) is 0 Å². The summed E-state index contributed by atoms with van der Waals surface area (Å²) in [5.41, 5.74) is -1.41. The van der Waals surface area contributed by atoms with Gasteiger partial charge in [0.1, 0.15) is 18.1 Å². The Hall–Kier alpha value is -1.75. The van der Waals surface area contributed by atoms with Crippen LogP contribution in [-0.4, -0.2) is 36.9 Å². The molecule has 2 N–H and O–H groups in total. The van der Waals surface area contributed by atoms with Crippen LogP contribution in [0.5, 0.6) is 11.5 Å². The number of hydrogen-bond donors (Lipinski definition) is 2. The van der Waals surface area contributed by atoms with Crippen LogP contribution in [-0.2, 0) is 4.79 Å². The number of hydrogen-bond acceptors (Lipinski definition) is 4. The van der Waals surface area contributed by atoms with Crippen LogP contribution in [0.4, 0.5) is 0 Å². The second-order valence-corrected chi connectivity index (χ2v) is 6.01. The lowest BCUT2D eigenvalue weighted by atomic mass is 9.74. The molecule has 21 heavy (non-hydrogen) atoms. The molecule has 0 heterocycles. The van der Waals surface area contributed by atoms with Crippen LogP contribution in [0.15, 0.2) is 24.3 Å². The van der Waals surface area contributed by atoms with E-state index in [1.807, 2.05) is 38.1 Å². The maximum absolute atomic E-state index is 11.3. The van der Waals surface area contributed by atoms with E-state index in [2.05, 4.69) is 5.32 Å². The van der Waals surface area contributed by atoms with Gasteiger partial charge in [0, 0.05) is 12.1 Å². The molecule has 0 aliphatic heterocycles. The van der Waals surface area contributed by atoms with Crippen molar-refractivity contribution in [1.82, 2.24) is 5.32 Å². The monoisotopic (exact) mass is 295 g/mol. The largest absolute Gasteiger partial charge is 0.497 e. The molecule has 0 fully saturated rings. The third kappa shape index (κ3) is 4.36. The van der Waals surface area contributed by atoms with E-state index in [1.54, 1.807) is 21.0 Å². The summed E-state index contributed by atoms with van der Waals surface area (Å²) in [5.74, 6) is 0.716. The molecule has 1 aromatic rings. The summed E-state index contributed by atoms with van der Waals surface area (Å²) < 4.78 is 10.7. The van der Waals surface area contributed by atoms with Crippen LogP contribution in [0.3, 0.4) is 0 Å². The molecule has 0 radical (unpaired) electrons. The number of carboxylic acids is 1. The molecule has 0 amide bonds. The Labute approximate surface area is 126 Å². The predicted molar refractivity (Wildman–Crippen MR) is 82.0 cm³/mol. The van der Waals surface area contributed by atoms with Crippen LogP contribution >= 0.6 is 0 Å². The van der Waals surface area contributed by atoms with Gasteiger partial charge in [-0.2, -0.15) is 0 Å². The van der Waals surface area contributed by atoms with Gasteiger partial charge in [-0.15, -0.1) is 0 Å². The Morgan fingerprint density at radius 1 is 1.14 bits per heavy atom.